The standard InChI is InChI=1S/C24H36N2O4/c1-3-5-7-9-10-11-15-26-21-17-19(25)13-14-20(21)22(23(24(26)28)30-18-27)29-16-12-8-6-4-2/h13-14,17-18H,3-12,15-16,25H2,1-2H3. The first kappa shape index (κ1) is 23.8. The van der Waals surface area contributed by atoms with Gasteiger partial charge in [-0.05, 0) is 31.0 Å². The van der Waals surface area contributed by atoms with Crippen LogP contribution in [0.4, 0.5) is 5.69 Å². The highest BCUT2D eigenvalue weighted by atomic mass is 16.5. The number of anilines is 1. The molecule has 0 saturated carbocycles. The highest BCUT2D eigenvalue weighted by molar-refractivity contribution is 5.90. The van der Waals surface area contributed by atoms with Gasteiger partial charge in [0.2, 0.25) is 5.75 Å². The molecule has 1 aromatic heterocycles. The molecule has 166 valence electrons. The van der Waals surface area contributed by atoms with Crippen molar-refractivity contribution < 1.29 is 14.3 Å². The third-order valence-electron chi connectivity index (χ3n) is 5.35. The predicted octanol–water partition coefficient (Wildman–Crippen LogP) is 5.44. The van der Waals surface area contributed by atoms with Gasteiger partial charge in [0, 0.05) is 17.6 Å². The third-order valence-corrected chi connectivity index (χ3v) is 5.35. The molecule has 0 fully saturated rings. The number of aryl methyl sites for hydroxylation is 1. The van der Waals surface area contributed by atoms with Crippen LogP contribution in [0, 0.1) is 0 Å². The van der Waals surface area contributed by atoms with Gasteiger partial charge in [-0.15, -0.1) is 0 Å². The molecule has 0 amide bonds. The highest BCUT2D eigenvalue weighted by Gasteiger charge is 2.20. The molecule has 2 aromatic rings. The van der Waals surface area contributed by atoms with E-state index in [1.807, 2.05) is 6.07 Å². The smallest absolute Gasteiger partial charge is 0.298 e. The molecule has 0 aliphatic carbocycles. The van der Waals surface area contributed by atoms with E-state index in [-0.39, 0.29) is 11.3 Å². The van der Waals surface area contributed by atoms with Crippen molar-refractivity contribution in [2.45, 2.75) is 84.6 Å². The lowest BCUT2D eigenvalue weighted by Gasteiger charge is -2.17. The van der Waals surface area contributed by atoms with Crippen LogP contribution in [0.1, 0.15) is 78.1 Å². The van der Waals surface area contributed by atoms with Crippen LogP contribution in [-0.2, 0) is 11.3 Å². The first-order valence-corrected chi connectivity index (χ1v) is 11.3. The number of aromatic nitrogens is 1. The highest BCUT2D eigenvalue weighted by Crippen LogP contribution is 2.34. The van der Waals surface area contributed by atoms with E-state index in [4.69, 9.17) is 15.2 Å². The van der Waals surface area contributed by atoms with E-state index >= 15 is 0 Å². The lowest BCUT2D eigenvalue weighted by Crippen LogP contribution is -2.24. The van der Waals surface area contributed by atoms with Gasteiger partial charge >= 0.3 is 0 Å². The number of nitrogens with zero attached hydrogens (tertiary/aromatic N) is 1. The van der Waals surface area contributed by atoms with E-state index in [2.05, 4.69) is 13.8 Å². The molecule has 1 heterocycles. The maximum absolute atomic E-state index is 13.2. The van der Waals surface area contributed by atoms with Gasteiger partial charge in [-0.25, -0.2) is 0 Å². The summed E-state index contributed by atoms with van der Waals surface area (Å²) in [6.45, 7) is 5.65. The normalized spacial score (nSPS) is 11.0. The second-order valence-corrected chi connectivity index (χ2v) is 7.78. The van der Waals surface area contributed by atoms with Crippen molar-refractivity contribution in [1.82, 2.24) is 4.57 Å². The van der Waals surface area contributed by atoms with Crippen molar-refractivity contribution in [3.63, 3.8) is 0 Å². The van der Waals surface area contributed by atoms with Gasteiger partial charge < -0.3 is 19.8 Å². The molecular formula is C24H36N2O4. The summed E-state index contributed by atoms with van der Waals surface area (Å²) in [5, 5.41) is 0.738. The Morgan fingerprint density at radius 2 is 1.60 bits per heavy atom. The van der Waals surface area contributed by atoms with Crippen molar-refractivity contribution in [3.05, 3.63) is 28.6 Å². The monoisotopic (exact) mass is 416 g/mol. The van der Waals surface area contributed by atoms with E-state index in [1.54, 1.807) is 16.7 Å². The molecule has 0 bridgehead atoms. The maximum atomic E-state index is 13.2. The predicted molar refractivity (Wildman–Crippen MR) is 122 cm³/mol. The summed E-state index contributed by atoms with van der Waals surface area (Å²) in [5.74, 6) is 0.293. The molecular weight excluding hydrogens is 380 g/mol. The van der Waals surface area contributed by atoms with Gasteiger partial charge in [-0.2, -0.15) is 0 Å². The minimum Gasteiger partial charge on any atom is -0.489 e. The van der Waals surface area contributed by atoms with Gasteiger partial charge in [0.15, 0.2) is 5.75 Å². The topological polar surface area (TPSA) is 83.5 Å². The fraction of sp³-hybridized carbons (Fsp3) is 0.583. The summed E-state index contributed by atoms with van der Waals surface area (Å²) in [6, 6.07) is 5.40. The van der Waals surface area contributed by atoms with Crippen LogP contribution >= 0.6 is 0 Å². The van der Waals surface area contributed by atoms with E-state index < -0.39 is 0 Å². The molecule has 2 rings (SSSR count). The fourth-order valence-electron chi connectivity index (χ4n) is 3.69. The zero-order valence-corrected chi connectivity index (χ0v) is 18.5. The lowest BCUT2D eigenvalue weighted by atomic mass is 10.1. The summed E-state index contributed by atoms with van der Waals surface area (Å²) in [4.78, 5) is 24.3. The fourth-order valence-corrected chi connectivity index (χ4v) is 3.69. The number of rotatable bonds is 15. The first-order valence-electron chi connectivity index (χ1n) is 11.3. The summed E-state index contributed by atoms with van der Waals surface area (Å²) in [7, 11) is 0. The molecule has 6 heteroatoms. The molecule has 1 aromatic carbocycles. The van der Waals surface area contributed by atoms with Crippen LogP contribution in [0.25, 0.3) is 10.9 Å². The Bertz CT molecular complexity index is 860. The quantitative estimate of drug-likeness (QED) is 0.237. The Hall–Kier alpha value is -2.50. The zero-order valence-electron chi connectivity index (χ0n) is 18.5. The number of carbonyl (C=O) groups excluding carboxylic acids is 1. The SMILES string of the molecule is CCCCCCCCn1c(=O)c(OC=O)c(OCCCCCC)c2ccc(N)cc21. The number of carbonyl (C=O) groups is 1. The number of nitrogens with two attached hydrogens (primary N) is 1. The van der Waals surface area contributed by atoms with Gasteiger partial charge in [-0.3, -0.25) is 9.59 Å². The minimum absolute atomic E-state index is 0.0382. The van der Waals surface area contributed by atoms with Crippen molar-refractivity contribution in [3.8, 4) is 11.5 Å². The van der Waals surface area contributed by atoms with Crippen molar-refractivity contribution in [1.29, 1.82) is 0 Å². The van der Waals surface area contributed by atoms with Crippen LogP contribution in [-0.4, -0.2) is 17.6 Å². The lowest BCUT2D eigenvalue weighted by molar-refractivity contribution is -0.120. The molecule has 0 aliphatic rings. The Labute approximate surface area is 179 Å². The van der Waals surface area contributed by atoms with Crippen molar-refractivity contribution in [2.24, 2.45) is 0 Å². The van der Waals surface area contributed by atoms with E-state index in [9.17, 15) is 9.59 Å². The second kappa shape index (κ2) is 12.9. The molecule has 2 N–H and O–H groups in total. The van der Waals surface area contributed by atoms with Gasteiger partial charge in [0.25, 0.3) is 12.0 Å². The summed E-state index contributed by atoms with van der Waals surface area (Å²) in [5.41, 5.74) is 6.96. The number of fused-ring (bicyclic) bond motifs is 1. The van der Waals surface area contributed by atoms with E-state index in [0.29, 0.717) is 31.1 Å². The zero-order chi connectivity index (χ0) is 21.8. The number of pyridine rings is 1. The van der Waals surface area contributed by atoms with E-state index in [0.717, 1.165) is 55.8 Å². The van der Waals surface area contributed by atoms with Gasteiger partial charge in [-0.1, -0.05) is 65.2 Å². The Balaban J connectivity index is 2.33. The van der Waals surface area contributed by atoms with Crippen LogP contribution in [0.15, 0.2) is 23.0 Å². The van der Waals surface area contributed by atoms with Crippen LogP contribution < -0.4 is 20.8 Å². The molecule has 6 nitrogen and oxygen atoms in total. The maximum Gasteiger partial charge on any atom is 0.298 e. The Morgan fingerprint density at radius 1 is 0.933 bits per heavy atom. The van der Waals surface area contributed by atoms with Crippen molar-refractivity contribution in [2.75, 3.05) is 12.3 Å². The van der Waals surface area contributed by atoms with Gasteiger partial charge in [0.1, 0.15) is 0 Å². The second-order valence-electron chi connectivity index (χ2n) is 7.78. The molecule has 0 spiro atoms. The average Bonchev–Trinajstić information content (AvgIpc) is 2.74. The molecule has 0 atom stereocenters. The largest absolute Gasteiger partial charge is 0.489 e. The third kappa shape index (κ3) is 6.51. The van der Waals surface area contributed by atoms with Crippen molar-refractivity contribution >= 4 is 23.1 Å². The minimum atomic E-state index is -0.350. The molecule has 0 unspecified atom stereocenters. The molecule has 30 heavy (non-hydrogen) atoms. The molecule has 0 saturated heterocycles. The number of hydrogen-bond acceptors (Lipinski definition) is 5. The average molecular weight is 417 g/mol. The Kier molecular flexibility index (Phi) is 10.3. The van der Waals surface area contributed by atoms with Crippen LogP contribution in [0.3, 0.4) is 0 Å². The number of hydrogen-bond donors (Lipinski definition) is 1. The summed E-state index contributed by atoms with van der Waals surface area (Å²) >= 11 is 0. The van der Waals surface area contributed by atoms with Crippen LogP contribution in [0.5, 0.6) is 11.5 Å². The van der Waals surface area contributed by atoms with E-state index in [1.165, 1.54) is 19.3 Å². The summed E-state index contributed by atoms with van der Waals surface area (Å²) in [6.07, 6.45) is 10.9. The number of benzene rings is 1. The summed E-state index contributed by atoms with van der Waals surface area (Å²) < 4.78 is 12.7. The van der Waals surface area contributed by atoms with Gasteiger partial charge in [0.05, 0.1) is 12.1 Å². The molecule has 0 aliphatic heterocycles. The number of ether oxygens (including phenoxy) is 2. The number of unbranched alkanes of at least 4 members (excludes halogenated alkanes) is 8. The van der Waals surface area contributed by atoms with Crippen LogP contribution in [0.2, 0.25) is 0 Å². The molecule has 0 radical (unpaired) electrons. The Morgan fingerprint density at radius 3 is 2.30 bits per heavy atom. The number of nitrogen functional groups attached to an aromatic ring is 1. The first-order chi connectivity index (χ1) is 14.6.